The molecular formula is C23H34N4O. The minimum Gasteiger partial charge on any atom is -0.379 e. The maximum Gasteiger partial charge on any atom is 0.0594 e. The summed E-state index contributed by atoms with van der Waals surface area (Å²) in [6.45, 7) is 11.1. The van der Waals surface area contributed by atoms with Crippen LogP contribution in [0.15, 0.2) is 24.3 Å². The molecule has 3 aliphatic rings. The molecule has 5 heteroatoms. The molecule has 1 N–H and O–H groups in total. The first-order valence-corrected chi connectivity index (χ1v) is 11.2. The van der Waals surface area contributed by atoms with Crippen LogP contribution in [0.25, 0.3) is 10.9 Å². The highest BCUT2D eigenvalue weighted by Gasteiger charge is 2.25. The zero-order chi connectivity index (χ0) is 18.8. The first-order valence-electron chi connectivity index (χ1n) is 11.2. The normalized spacial score (nSPS) is 23.7. The fourth-order valence-electron chi connectivity index (χ4n) is 5.25. The van der Waals surface area contributed by atoms with Gasteiger partial charge in [-0.25, -0.2) is 0 Å². The molecule has 0 radical (unpaired) electrons. The van der Waals surface area contributed by atoms with Crippen LogP contribution in [0.2, 0.25) is 0 Å². The number of aromatic amines is 1. The summed E-state index contributed by atoms with van der Waals surface area (Å²) in [5, 5.41) is 1.37. The first kappa shape index (κ1) is 18.6. The summed E-state index contributed by atoms with van der Waals surface area (Å²) >= 11 is 0. The first-order chi connectivity index (χ1) is 13.8. The number of ether oxygens (including phenoxy) is 1. The van der Waals surface area contributed by atoms with Crippen molar-refractivity contribution >= 4 is 10.9 Å². The minimum atomic E-state index is 0.764. The van der Waals surface area contributed by atoms with E-state index >= 15 is 0 Å². The topological polar surface area (TPSA) is 34.7 Å². The molecule has 3 fully saturated rings. The molecule has 0 atom stereocenters. The highest BCUT2D eigenvalue weighted by Crippen LogP contribution is 2.23. The van der Waals surface area contributed by atoms with Crippen LogP contribution >= 0.6 is 0 Å². The lowest BCUT2D eigenvalue weighted by atomic mass is 10.0. The molecule has 0 bridgehead atoms. The van der Waals surface area contributed by atoms with E-state index in [2.05, 4.69) is 43.9 Å². The average Bonchev–Trinajstić information content (AvgIpc) is 3.38. The van der Waals surface area contributed by atoms with Gasteiger partial charge in [-0.1, -0.05) is 6.07 Å². The van der Waals surface area contributed by atoms with Gasteiger partial charge in [0.15, 0.2) is 0 Å². The number of H-pyrrole nitrogens is 1. The lowest BCUT2D eigenvalue weighted by Gasteiger charge is -2.40. The maximum absolute atomic E-state index is 5.51. The van der Waals surface area contributed by atoms with Gasteiger partial charge in [-0.15, -0.1) is 0 Å². The summed E-state index contributed by atoms with van der Waals surface area (Å²) in [5.74, 6) is 0. The highest BCUT2D eigenvalue weighted by molar-refractivity contribution is 5.81. The summed E-state index contributed by atoms with van der Waals surface area (Å²) in [6, 6.07) is 10.1. The minimum absolute atomic E-state index is 0.764. The summed E-state index contributed by atoms with van der Waals surface area (Å²) in [7, 11) is 0. The van der Waals surface area contributed by atoms with E-state index in [1.807, 2.05) is 0 Å². The molecule has 3 aliphatic heterocycles. The fourth-order valence-corrected chi connectivity index (χ4v) is 5.25. The number of benzene rings is 1. The van der Waals surface area contributed by atoms with E-state index < -0.39 is 0 Å². The molecule has 1 aromatic carbocycles. The molecule has 0 spiro atoms. The SMILES string of the molecule is c1cc2[nH]c(CN3CCCC3)cc2cc1CN1CCC(N2CCOCC2)CC1. The zero-order valence-electron chi connectivity index (χ0n) is 17.0. The Hall–Kier alpha value is -1.40. The lowest BCUT2D eigenvalue weighted by Crippen LogP contribution is -2.48. The smallest absolute Gasteiger partial charge is 0.0594 e. The van der Waals surface area contributed by atoms with Crippen LogP contribution < -0.4 is 0 Å². The second-order valence-electron chi connectivity index (χ2n) is 8.86. The standard InChI is InChI=1S/C23H34N4O/c1-2-8-25(7-1)18-21-16-20-15-19(3-4-23(20)24-21)17-26-9-5-22(6-10-26)27-11-13-28-14-12-27/h3-4,15-16,22,24H,1-2,5-14,17-18H2. The number of hydrogen-bond donors (Lipinski definition) is 1. The monoisotopic (exact) mass is 382 g/mol. The van der Waals surface area contributed by atoms with E-state index in [1.165, 1.54) is 74.0 Å². The Morgan fingerprint density at radius 1 is 0.857 bits per heavy atom. The molecule has 3 saturated heterocycles. The number of rotatable bonds is 5. The van der Waals surface area contributed by atoms with Crippen LogP contribution in [0, 0.1) is 0 Å². The number of piperidine rings is 1. The molecule has 0 saturated carbocycles. The van der Waals surface area contributed by atoms with Crippen molar-refractivity contribution in [3.8, 4) is 0 Å². The van der Waals surface area contributed by atoms with Crippen LogP contribution in [0.5, 0.6) is 0 Å². The summed E-state index contributed by atoms with van der Waals surface area (Å²) < 4.78 is 5.51. The molecule has 0 aliphatic carbocycles. The Morgan fingerprint density at radius 2 is 1.61 bits per heavy atom. The van der Waals surface area contributed by atoms with Crippen LogP contribution in [-0.2, 0) is 17.8 Å². The van der Waals surface area contributed by atoms with Crippen molar-refractivity contribution in [3.05, 3.63) is 35.5 Å². The number of likely N-dealkylation sites (tertiary alicyclic amines) is 2. The van der Waals surface area contributed by atoms with Gasteiger partial charge in [-0.3, -0.25) is 14.7 Å². The number of morpholine rings is 1. The van der Waals surface area contributed by atoms with Crippen molar-refractivity contribution in [1.29, 1.82) is 0 Å². The predicted octanol–water partition coefficient (Wildman–Crippen LogP) is 3.06. The number of fused-ring (bicyclic) bond motifs is 1. The van der Waals surface area contributed by atoms with Crippen LogP contribution in [0.3, 0.4) is 0 Å². The van der Waals surface area contributed by atoms with E-state index in [1.54, 1.807) is 0 Å². The molecular weight excluding hydrogens is 348 g/mol. The molecule has 0 amide bonds. The molecule has 1 aromatic heterocycles. The number of nitrogens with zero attached hydrogens (tertiary/aromatic N) is 3. The Morgan fingerprint density at radius 3 is 2.39 bits per heavy atom. The molecule has 28 heavy (non-hydrogen) atoms. The molecule has 5 nitrogen and oxygen atoms in total. The average molecular weight is 383 g/mol. The maximum atomic E-state index is 5.51. The Bertz CT molecular complexity index is 768. The van der Waals surface area contributed by atoms with Crippen molar-refractivity contribution in [2.45, 2.75) is 44.8 Å². The predicted molar refractivity (Wildman–Crippen MR) is 114 cm³/mol. The van der Waals surface area contributed by atoms with E-state index in [-0.39, 0.29) is 0 Å². The molecule has 5 rings (SSSR count). The Balaban J connectivity index is 1.17. The van der Waals surface area contributed by atoms with Gasteiger partial charge in [0.05, 0.1) is 13.2 Å². The van der Waals surface area contributed by atoms with Crippen LogP contribution in [-0.4, -0.2) is 78.2 Å². The van der Waals surface area contributed by atoms with E-state index in [0.717, 1.165) is 45.4 Å². The Labute approximate surface area is 168 Å². The summed E-state index contributed by atoms with van der Waals surface area (Å²) in [4.78, 5) is 11.5. The second kappa shape index (κ2) is 8.54. The van der Waals surface area contributed by atoms with E-state index in [9.17, 15) is 0 Å². The molecule has 2 aromatic rings. The summed E-state index contributed by atoms with van der Waals surface area (Å²) in [6.07, 6.45) is 5.30. The fraction of sp³-hybridized carbons (Fsp3) is 0.652. The number of nitrogens with one attached hydrogen (secondary N) is 1. The van der Waals surface area contributed by atoms with Crippen molar-refractivity contribution in [2.75, 3.05) is 52.5 Å². The molecule has 152 valence electrons. The zero-order valence-corrected chi connectivity index (χ0v) is 17.0. The van der Waals surface area contributed by atoms with Gasteiger partial charge < -0.3 is 9.72 Å². The van der Waals surface area contributed by atoms with Crippen LogP contribution in [0.1, 0.15) is 36.9 Å². The molecule has 0 unspecified atom stereocenters. The Kier molecular flexibility index (Phi) is 5.68. The van der Waals surface area contributed by atoms with Crippen molar-refractivity contribution in [1.82, 2.24) is 19.7 Å². The third-order valence-electron chi connectivity index (χ3n) is 6.86. The van der Waals surface area contributed by atoms with Gasteiger partial charge in [0.1, 0.15) is 0 Å². The largest absolute Gasteiger partial charge is 0.379 e. The van der Waals surface area contributed by atoms with Gasteiger partial charge in [-0.05, 0) is 75.6 Å². The van der Waals surface area contributed by atoms with Gasteiger partial charge in [0.25, 0.3) is 0 Å². The van der Waals surface area contributed by atoms with Crippen molar-refractivity contribution in [2.24, 2.45) is 0 Å². The van der Waals surface area contributed by atoms with E-state index in [0.29, 0.717) is 0 Å². The van der Waals surface area contributed by atoms with Crippen molar-refractivity contribution < 1.29 is 4.74 Å². The quantitative estimate of drug-likeness (QED) is 0.862. The van der Waals surface area contributed by atoms with Crippen LogP contribution in [0.4, 0.5) is 0 Å². The van der Waals surface area contributed by atoms with Gasteiger partial charge in [-0.2, -0.15) is 0 Å². The second-order valence-corrected chi connectivity index (χ2v) is 8.86. The summed E-state index contributed by atoms with van der Waals surface area (Å²) in [5.41, 5.74) is 4.09. The van der Waals surface area contributed by atoms with Gasteiger partial charge in [0, 0.05) is 48.8 Å². The molecule has 4 heterocycles. The van der Waals surface area contributed by atoms with Gasteiger partial charge >= 0.3 is 0 Å². The third kappa shape index (κ3) is 4.28. The highest BCUT2D eigenvalue weighted by atomic mass is 16.5. The lowest BCUT2D eigenvalue weighted by molar-refractivity contribution is 0.000233. The third-order valence-corrected chi connectivity index (χ3v) is 6.86. The van der Waals surface area contributed by atoms with Gasteiger partial charge in [0.2, 0.25) is 0 Å². The van der Waals surface area contributed by atoms with E-state index in [4.69, 9.17) is 4.74 Å². The number of hydrogen-bond acceptors (Lipinski definition) is 4. The van der Waals surface area contributed by atoms with Crippen molar-refractivity contribution in [3.63, 3.8) is 0 Å². The number of aromatic nitrogens is 1.